The largest absolute Gasteiger partial charge is 0.452 e. The van der Waals surface area contributed by atoms with E-state index in [1.807, 2.05) is 6.07 Å². The smallest absolute Gasteiger partial charge is 0.344 e. The normalized spacial score (nSPS) is 16.9. The van der Waals surface area contributed by atoms with E-state index in [0.29, 0.717) is 29.0 Å². The first-order valence-electron chi connectivity index (χ1n) is 10.7. The molecule has 0 aromatic heterocycles. The molecule has 9 heteroatoms. The number of hydrazine groups is 1. The fraction of sp³-hybridized carbons (Fsp3) is 0.292. The number of benzene rings is 2. The zero-order chi connectivity index (χ0) is 23.4. The van der Waals surface area contributed by atoms with Gasteiger partial charge in [-0.2, -0.15) is 5.01 Å². The first-order chi connectivity index (χ1) is 15.9. The van der Waals surface area contributed by atoms with Crippen LogP contribution in [0, 0.1) is 0 Å². The molecule has 1 saturated carbocycles. The standard InChI is InChI=1S/C24H23N3O6/c28-19(26-27-22(31)24(25-23(27)32)13-5-2-6-14-24)15-33-21(30)18-11-9-17(10-12-18)20(29)16-7-3-1-4-8-16/h1,3-4,7-12H,2,5-6,13-15H2,(H,25,32)(H,26,28). The van der Waals surface area contributed by atoms with E-state index in [-0.39, 0.29) is 11.3 Å². The lowest BCUT2D eigenvalue weighted by Gasteiger charge is -2.30. The SMILES string of the molecule is O=C(COC(=O)c1ccc(C(=O)c2ccccc2)cc1)NN1C(=O)NC2(CCCCC2)C1=O. The molecule has 0 atom stereocenters. The maximum atomic E-state index is 12.7. The summed E-state index contributed by atoms with van der Waals surface area (Å²) in [4.78, 5) is 61.7. The number of nitrogens with one attached hydrogen (secondary N) is 2. The van der Waals surface area contributed by atoms with Crippen molar-refractivity contribution in [3.63, 3.8) is 0 Å². The van der Waals surface area contributed by atoms with Crippen LogP contribution in [-0.2, 0) is 14.3 Å². The zero-order valence-corrected chi connectivity index (χ0v) is 17.8. The Morgan fingerprint density at radius 1 is 0.879 bits per heavy atom. The molecule has 1 saturated heterocycles. The van der Waals surface area contributed by atoms with Crippen molar-refractivity contribution >= 4 is 29.6 Å². The topological polar surface area (TPSA) is 122 Å². The van der Waals surface area contributed by atoms with E-state index in [0.717, 1.165) is 19.3 Å². The zero-order valence-electron chi connectivity index (χ0n) is 17.8. The Morgan fingerprint density at radius 2 is 1.48 bits per heavy atom. The lowest BCUT2D eigenvalue weighted by atomic mass is 9.82. The quantitative estimate of drug-likeness (QED) is 0.397. The Labute approximate surface area is 190 Å². The van der Waals surface area contributed by atoms with Crippen LogP contribution in [0.15, 0.2) is 54.6 Å². The minimum atomic E-state index is -0.960. The Morgan fingerprint density at radius 3 is 2.15 bits per heavy atom. The van der Waals surface area contributed by atoms with Crippen LogP contribution in [0.1, 0.15) is 58.4 Å². The second-order valence-electron chi connectivity index (χ2n) is 8.10. The number of imide groups is 1. The molecule has 9 nitrogen and oxygen atoms in total. The van der Waals surface area contributed by atoms with Crippen molar-refractivity contribution in [2.45, 2.75) is 37.6 Å². The Kier molecular flexibility index (Phi) is 6.21. The highest BCUT2D eigenvalue weighted by Gasteiger charge is 2.52. The Hall–Kier alpha value is -4.01. The van der Waals surface area contributed by atoms with Gasteiger partial charge in [-0.05, 0) is 25.0 Å². The van der Waals surface area contributed by atoms with Crippen LogP contribution in [-0.4, -0.2) is 46.8 Å². The van der Waals surface area contributed by atoms with Gasteiger partial charge in [-0.15, -0.1) is 0 Å². The van der Waals surface area contributed by atoms with Crippen molar-refractivity contribution < 1.29 is 28.7 Å². The molecule has 2 N–H and O–H groups in total. The molecule has 1 aliphatic carbocycles. The average molecular weight is 449 g/mol. The van der Waals surface area contributed by atoms with Gasteiger partial charge in [0.25, 0.3) is 11.8 Å². The molecular formula is C24H23N3O6. The highest BCUT2D eigenvalue weighted by molar-refractivity contribution is 6.09. The number of nitrogens with zero attached hydrogens (tertiary/aromatic N) is 1. The minimum Gasteiger partial charge on any atom is -0.452 e. The van der Waals surface area contributed by atoms with E-state index in [1.165, 1.54) is 24.3 Å². The monoisotopic (exact) mass is 449 g/mol. The summed E-state index contributed by atoms with van der Waals surface area (Å²) in [7, 11) is 0. The first-order valence-corrected chi connectivity index (χ1v) is 10.7. The van der Waals surface area contributed by atoms with Crippen molar-refractivity contribution in [1.82, 2.24) is 15.8 Å². The molecule has 1 aliphatic heterocycles. The van der Waals surface area contributed by atoms with Crippen LogP contribution in [0.2, 0.25) is 0 Å². The van der Waals surface area contributed by atoms with Gasteiger partial charge in [0, 0.05) is 11.1 Å². The van der Waals surface area contributed by atoms with E-state index >= 15 is 0 Å². The molecule has 170 valence electrons. The molecule has 0 radical (unpaired) electrons. The minimum absolute atomic E-state index is 0.156. The third-order valence-corrected chi connectivity index (χ3v) is 5.86. The number of urea groups is 1. The van der Waals surface area contributed by atoms with Crippen LogP contribution in [0.4, 0.5) is 4.79 Å². The summed E-state index contributed by atoms with van der Waals surface area (Å²) in [5.41, 5.74) is 2.34. The third kappa shape index (κ3) is 4.62. The highest BCUT2D eigenvalue weighted by atomic mass is 16.5. The molecule has 2 fully saturated rings. The van der Waals surface area contributed by atoms with Gasteiger partial charge in [-0.25, -0.2) is 9.59 Å². The second kappa shape index (κ2) is 9.23. The first kappa shape index (κ1) is 22.2. The molecule has 0 bridgehead atoms. The van der Waals surface area contributed by atoms with Gasteiger partial charge < -0.3 is 10.1 Å². The van der Waals surface area contributed by atoms with Crippen molar-refractivity contribution in [2.75, 3.05) is 6.61 Å². The van der Waals surface area contributed by atoms with Gasteiger partial charge in [0.1, 0.15) is 5.54 Å². The van der Waals surface area contributed by atoms with Gasteiger partial charge in [0.2, 0.25) is 0 Å². The van der Waals surface area contributed by atoms with Crippen LogP contribution in [0.25, 0.3) is 0 Å². The highest BCUT2D eigenvalue weighted by Crippen LogP contribution is 2.32. The van der Waals surface area contributed by atoms with Crippen LogP contribution < -0.4 is 10.7 Å². The predicted molar refractivity (Wildman–Crippen MR) is 116 cm³/mol. The maximum Gasteiger partial charge on any atom is 0.344 e. The number of carbonyl (C=O) groups is 5. The summed E-state index contributed by atoms with van der Waals surface area (Å²) < 4.78 is 4.99. The molecule has 4 rings (SSSR count). The van der Waals surface area contributed by atoms with E-state index < -0.39 is 36.0 Å². The van der Waals surface area contributed by atoms with Crippen LogP contribution in [0.3, 0.4) is 0 Å². The van der Waals surface area contributed by atoms with Crippen molar-refractivity contribution in [1.29, 1.82) is 0 Å². The number of rotatable bonds is 6. The Balaban J connectivity index is 1.30. The van der Waals surface area contributed by atoms with Gasteiger partial charge in [-0.1, -0.05) is 61.7 Å². The maximum absolute atomic E-state index is 12.7. The summed E-state index contributed by atoms with van der Waals surface area (Å²) in [6.07, 6.45) is 3.69. The van der Waals surface area contributed by atoms with E-state index in [9.17, 15) is 24.0 Å². The van der Waals surface area contributed by atoms with E-state index in [4.69, 9.17) is 4.74 Å². The lowest BCUT2D eigenvalue weighted by molar-refractivity contribution is -0.140. The summed E-state index contributed by atoms with van der Waals surface area (Å²) in [5, 5.41) is 3.34. The van der Waals surface area contributed by atoms with E-state index in [2.05, 4.69) is 10.7 Å². The van der Waals surface area contributed by atoms with E-state index in [1.54, 1.807) is 24.3 Å². The summed E-state index contributed by atoms with van der Waals surface area (Å²) >= 11 is 0. The molecule has 33 heavy (non-hydrogen) atoms. The molecular weight excluding hydrogens is 426 g/mol. The Bertz CT molecular complexity index is 1090. The number of esters is 1. The number of ketones is 1. The fourth-order valence-corrected chi connectivity index (χ4v) is 4.10. The molecule has 1 spiro atoms. The predicted octanol–water partition coefficient (Wildman–Crippen LogP) is 2.36. The van der Waals surface area contributed by atoms with Gasteiger partial charge in [-0.3, -0.25) is 19.8 Å². The van der Waals surface area contributed by atoms with Crippen molar-refractivity contribution in [2.24, 2.45) is 0 Å². The van der Waals surface area contributed by atoms with Crippen molar-refractivity contribution in [3.05, 3.63) is 71.3 Å². The number of carbonyl (C=O) groups excluding carboxylic acids is 5. The molecule has 2 aromatic carbocycles. The number of ether oxygens (including phenoxy) is 1. The third-order valence-electron chi connectivity index (χ3n) is 5.86. The molecule has 2 aliphatic rings. The molecule has 2 aromatic rings. The fourth-order valence-electron chi connectivity index (χ4n) is 4.10. The average Bonchev–Trinajstić information content (AvgIpc) is 3.06. The molecule has 4 amide bonds. The second-order valence-corrected chi connectivity index (χ2v) is 8.10. The number of hydrogen-bond acceptors (Lipinski definition) is 6. The van der Waals surface area contributed by atoms with Gasteiger partial charge >= 0.3 is 12.0 Å². The molecule has 1 heterocycles. The van der Waals surface area contributed by atoms with Gasteiger partial charge in [0.15, 0.2) is 12.4 Å². The van der Waals surface area contributed by atoms with Crippen molar-refractivity contribution in [3.8, 4) is 0 Å². The lowest BCUT2D eigenvalue weighted by Crippen LogP contribution is -2.51. The summed E-state index contributed by atoms with van der Waals surface area (Å²) in [5.74, 6) is -2.26. The van der Waals surface area contributed by atoms with Gasteiger partial charge in [0.05, 0.1) is 5.56 Å². The number of amides is 4. The number of hydrogen-bond donors (Lipinski definition) is 2. The molecule has 0 unspecified atom stereocenters. The summed E-state index contributed by atoms with van der Waals surface area (Å²) in [6.45, 7) is -0.673. The summed E-state index contributed by atoms with van der Waals surface area (Å²) in [6, 6.07) is 13.9. The van der Waals surface area contributed by atoms with Crippen LogP contribution in [0.5, 0.6) is 0 Å². The van der Waals surface area contributed by atoms with Crippen LogP contribution >= 0.6 is 0 Å².